The van der Waals surface area contributed by atoms with E-state index in [0.717, 1.165) is 12.1 Å². The largest absolute Gasteiger partial charge is 0.477 e. The Balaban J connectivity index is 1.86. The zero-order valence-corrected chi connectivity index (χ0v) is 17.5. The predicted molar refractivity (Wildman–Crippen MR) is 103 cm³/mol. The van der Waals surface area contributed by atoms with Crippen molar-refractivity contribution >= 4 is 21.7 Å². The number of carbonyl (C=O) groups is 1. The molecule has 154 valence electrons. The van der Waals surface area contributed by atoms with Crippen molar-refractivity contribution in [3.8, 4) is 5.88 Å². The first kappa shape index (κ1) is 20.2. The Labute approximate surface area is 164 Å². The Morgan fingerprint density at radius 1 is 1.25 bits per heavy atom. The number of anilines is 1. The topological polar surface area (TPSA) is 120 Å². The van der Waals surface area contributed by atoms with Crippen molar-refractivity contribution in [2.75, 3.05) is 11.9 Å². The Bertz CT molecular complexity index is 990. The molecule has 0 aromatic carbocycles. The first-order valence-corrected chi connectivity index (χ1v) is 10.7. The van der Waals surface area contributed by atoms with E-state index in [9.17, 15) is 13.2 Å². The summed E-state index contributed by atoms with van der Waals surface area (Å²) in [5.74, 6) is 0.299. The van der Waals surface area contributed by atoms with Gasteiger partial charge < -0.3 is 10.1 Å². The molecule has 0 saturated heterocycles. The van der Waals surface area contributed by atoms with Crippen LogP contribution in [0.2, 0.25) is 0 Å². The summed E-state index contributed by atoms with van der Waals surface area (Å²) < 4.78 is 36.0. The van der Waals surface area contributed by atoms with Gasteiger partial charge in [-0.3, -0.25) is 4.68 Å². The van der Waals surface area contributed by atoms with Gasteiger partial charge in [0.05, 0.1) is 29.9 Å². The summed E-state index contributed by atoms with van der Waals surface area (Å²) in [6.07, 6.45) is 1.94. The van der Waals surface area contributed by atoms with Crippen molar-refractivity contribution in [3.63, 3.8) is 0 Å². The first-order chi connectivity index (χ1) is 13.1. The summed E-state index contributed by atoms with van der Waals surface area (Å²) in [5.41, 5.74) is 2.06. The van der Waals surface area contributed by atoms with Crippen LogP contribution in [-0.4, -0.2) is 40.6 Å². The van der Waals surface area contributed by atoms with Crippen molar-refractivity contribution in [2.24, 2.45) is 7.05 Å². The number of nitrogens with one attached hydrogen (secondary N) is 2. The molecule has 0 radical (unpaired) electrons. The zero-order valence-electron chi connectivity index (χ0n) is 16.7. The summed E-state index contributed by atoms with van der Waals surface area (Å²) in [7, 11) is -2.33. The van der Waals surface area contributed by atoms with Crippen LogP contribution < -0.4 is 14.8 Å². The number of fused-ring (bicyclic) bond motifs is 1. The Morgan fingerprint density at radius 2 is 1.96 bits per heavy atom. The normalized spacial score (nSPS) is 14.1. The van der Waals surface area contributed by atoms with Gasteiger partial charge in [0, 0.05) is 20.0 Å². The van der Waals surface area contributed by atoms with Gasteiger partial charge in [0.1, 0.15) is 0 Å². The molecular weight excluding hydrogens is 384 g/mol. The van der Waals surface area contributed by atoms with Crippen LogP contribution in [-0.2, 0) is 23.6 Å². The third-order valence-electron chi connectivity index (χ3n) is 4.48. The number of sulfonamides is 1. The summed E-state index contributed by atoms with van der Waals surface area (Å²) in [5, 5.41) is 11.2. The van der Waals surface area contributed by atoms with E-state index in [2.05, 4.69) is 20.2 Å². The lowest BCUT2D eigenvalue weighted by atomic mass is 10.0. The fourth-order valence-electron chi connectivity index (χ4n) is 3.30. The molecule has 11 heteroatoms. The quantitative estimate of drug-likeness (QED) is 0.779. The molecule has 2 aromatic heterocycles. The number of hydrogen-bond acceptors (Lipinski definition) is 6. The van der Waals surface area contributed by atoms with Crippen LogP contribution in [0.4, 0.5) is 10.5 Å². The van der Waals surface area contributed by atoms with Crippen molar-refractivity contribution in [1.82, 2.24) is 24.3 Å². The Kier molecular flexibility index (Phi) is 5.37. The molecule has 2 amide bonds. The van der Waals surface area contributed by atoms with Gasteiger partial charge in [0.25, 0.3) is 10.0 Å². The molecule has 2 N–H and O–H groups in total. The molecule has 28 heavy (non-hydrogen) atoms. The molecule has 0 atom stereocenters. The predicted octanol–water partition coefficient (Wildman–Crippen LogP) is 2.16. The third-order valence-corrected chi connectivity index (χ3v) is 5.79. The summed E-state index contributed by atoms with van der Waals surface area (Å²) in [6.45, 7) is 8.87. The lowest BCUT2D eigenvalue weighted by molar-refractivity contribution is 0.224. The highest BCUT2D eigenvalue weighted by Crippen LogP contribution is 2.32. The highest BCUT2D eigenvalue weighted by atomic mass is 32.2. The second-order valence-corrected chi connectivity index (χ2v) is 9.03. The average Bonchev–Trinajstić information content (AvgIpc) is 3.16. The number of aromatic nitrogens is 4. The zero-order chi connectivity index (χ0) is 20.6. The van der Waals surface area contributed by atoms with E-state index in [1.807, 2.05) is 27.7 Å². The number of urea groups is 1. The van der Waals surface area contributed by atoms with Crippen molar-refractivity contribution in [2.45, 2.75) is 57.4 Å². The maximum absolute atomic E-state index is 12.7. The van der Waals surface area contributed by atoms with Crippen LogP contribution in [0.3, 0.4) is 0 Å². The standard InChI is InChI=1S/C17H26N6O4S/c1-10(2)13-14(15(11(3)4)22(5)20-13)19-17(24)21-28(25,26)12-9-18-23-7-6-8-27-16(12)23/h9-11H,6-8H2,1-5H3,(H2,19,21,24). The van der Waals surface area contributed by atoms with E-state index in [4.69, 9.17) is 4.74 Å². The number of amides is 2. The van der Waals surface area contributed by atoms with E-state index in [0.29, 0.717) is 24.5 Å². The van der Waals surface area contributed by atoms with Crippen LogP contribution in [0, 0.1) is 0 Å². The van der Waals surface area contributed by atoms with E-state index in [-0.39, 0.29) is 22.6 Å². The highest BCUT2D eigenvalue weighted by Gasteiger charge is 2.29. The van der Waals surface area contributed by atoms with Crippen molar-refractivity contribution in [1.29, 1.82) is 0 Å². The number of ether oxygens (including phenoxy) is 1. The molecule has 2 aromatic rings. The SMILES string of the molecule is CC(C)c1nn(C)c(C(C)C)c1NC(=O)NS(=O)(=O)c1cnn2c1OCCC2. The fourth-order valence-corrected chi connectivity index (χ4v) is 4.28. The van der Waals surface area contributed by atoms with Crippen molar-refractivity contribution in [3.05, 3.63) is 17.6 Å². The van der Waals surface area contributed by atoms with Crippen LogP contribution in [0.25, 0.3) is 0 Å². The summed E-state index contributed by atoms with van der Waals surface area (Å²) >= 11 is 0. The van der Waals surface area contributed by atoms with Gasteiger partial charge in [-0.25, -0.2) is 22.6 Å². The lowest BCUT2D eigenvalue weighted by Gasteiger charge is -2.16. The Hall–Kier alpha value is -2.56. The number of rotatable bonds is 5. The van der Waals surface area contributed by atoms with Gasteiger partial charge in [-0.15, -0.1) is 0 Å². The monoisotopic (exact) mass is 410 g/mol. The number of hydrogen-bond donors (Lipinski definition) is 2. The number of carbonyl (C=O) groups excluding carboxylic acids is 1. The number of nitrogens with zero attached hydrogens (tertiary/aromatic N) is 4. The molecule has 0 aliphatic carbocycles. The van der Waals surface area contributed by atoms with E-state index in [1.165, 1.54) is 10.9 Å². The molecular formula is C17H26N6O4S. The molecule has 0 fully saturated rings. The van der Waals surface area contributed by atoms with Gasteiger partial charge in [-0.1, -0.05) is 27.7 Å². The van der Waals surface area contributed by atoms with Gasteiger partial charge in [0.15, 0.2) is 4.90 Å². The molecule has 0 bridgehead atoms. The summed E-state index contributed by atoms with van der Waals surface area (Å²) in [4.78, 5) is 12.4. The maximum Gasteiger partial charge on any atom is 0.333 e. The van der Waals surface area contributed by atoms with Gasteiger partial charge in [0.2, 0.25) is 5.88 Å². The van der Waals surface area contributed by atoms with E-state index < -0.39 is 16.1 Å². The van der Waals surface area contributed by atoms with E-state index in [1.54, 1.807) is 11.7 Å². The molecule has 3 rings (SSSR count). The lowest BCUT2D eigenvalue weighted by Crippen LogP contribution is -2.35. The molecule has 1 aliphatic heterocycles. The van der Waals surface area contributed by atoms with Crippen LogP contribution in [0.5, 0.6) is 5.88 Å². The number of aryl methyl sites for hydroxylation is 2. The van der Waals surface area contributed by atoms with Crippen LogP contribution >= 0.6 is 0 Å². The second-order valence-electron chi connectivity index (χ2n) is 7.38. The molecule has 1 aliphatic rings. The average molecular weight is 411 g/mol. The van der Waals surface area contributed by atoms with Crippen molar-refractivity contribution < 1.29 is 17.9 Å². The summed E-state index contributed by atoms with van der Waals surface area (Å²) in [6, 6.07) is -0.854. The minimum Gasteiger partial charge on any atom is -0.477 e. The van der Waals surface area contributed by atoms with Crippen LogP contribution in [0.15, 0.2) is 11.1 Å². The molecule has 10 nitrogen and oxygen atoms in total. The minimum atomic E-state index is -4.13. The minimum absolute atomic E-state index is 0.0571. The molecule has 0 unspecified atom stereocenters. The van der Waals surface area contributed by atoms with Gasteiger partial charge >= 0.3 is 6.03 Å². The molecule has 3 heterocycles. The third kappa shape index (κ3) is 3.71. The van der Waals surface area contributed by atoms with Gasteiger partial charge in [-0.05, 0) is 11.8 Å². The first-order valence-electron chi connectivity index (χ1n) is 9.21. The fraction of sp³-hybridized carbons (Fsp3) is 0.588. The molecule has 0 saturated carbocycles. The molecule has 0 spiro atoms. The highest BCUT2D eigenvalue weighted by molar-refractivity contribution is 7.90. The second kappa shape index (κ2) is 7.46. The van der Waals surface area contributed by atoms with Crippen LogP contribution in [0.1, 0.15) is 57.3 Å². The smallest absolute Gasteiger partial charge is 0.333 e. The Morgan fingerprint density at radius 3 is 2.61 bits per heavy atom. The van der Waals surface area contributed by atoms with E-state index >= 15 is 0 Å². The van der Waals surface area contributed by atoms with Gasteiger partial charge in [-0.2, -0.15) is 10.2 Å². The maximum atomic E-state index is 12.7.